The number of amides is 1. The summed E-state index contributed by atoms with van der Waals surface area (Å²) in [5.74, 6) is -0.382. The molecule has 1 saturated carbocycles. The summed E-state index contributed by atoms with van der Waals surface area (Å²) in [4.78, 5) is 53.8. The number of nitrogens with zero attached hydrogens (tertiary/aromatic N) is 3. The smallest absolute Gasteiger partial charge is 1.00 e. The van der Waals surface area contributed by atoms with Gasteiger partial charge >= 0.3 is 173 Å². The summed E-state index contributed by atoms with van der Waals surface area (Å²) in [5.41, 5.74) is -0.989. The van der Waals surface area contributed by atoms with Gasteiger partial charge in [0.1, 0.15) is 5.52 Å². The molecule has 3 unspecified atom stereocenters. The number of hydrogen-bond donors (Lipinski definition) is 2. The van der Waals surface area contributed by atoms with E-state index in [2.05, 4.69) is 22.2 Å². The Kier molecular flexibility index (Phi) is 13.1. The first-order chi connectivity index (χ1) is 15.3. The first-order valence-electron chi connectivity index (χ1n) is 10.5. The summed E-state index contributed by atoms with van der Waals surface area (Å²) in [6, 6.07) is 0. The number of carbonyl (C=O) groups excluding carboxylic acids is 2. The summed E-state index contributed by atoms with van der Waals surface area (Å²) in [6.45, 7) is 10.0. The van der Waals surface area contributed by atoms with Gasteiger partial charge in [-0.15, -0.1) is 0 Å². The molecule has 3 atom stereocenters. The quantitative estimate of drug-likeness (QED) is 0.243. The van der Waals surface area contributed by atoms with Crippen molar-refractivity contribution in [2.24, 2.45) is 30.8 Å². The van der Waals surface area contributed by atoms with E-state index in [4.69, 9.17) is 7.38 Å². The number of rotatable bonds is 5. The van der Waals surface area contributed by atoms with E-state index < -0.39 is 10.8 Å². The van der Waals surface area contributed by atoms with Crippen LogP contribution in [0.2, 0.25) is 0 Å². The average molecular weight is 691 g/mol. The van der Waals surface area contributed by atoms with Crippen molar-refractivity contribution in [2.75, 3.05) is 13.7 Å². The second-order valence-electron chi connectivity index (χ2n) is 8.99. The minimum absolute atomic E-state index is 0. The maximum Gasteiger partial charge on any atom is 1.00 e. The molecule has 0 radical (unpaired) electrons. The summed E-state index contributed by atoms with van der Waals surface area (Å²) in [6.07, 6.45) is 2.52. The Bertz CT molecular complexity index is 1150. The third-order valence-corrected chi connectivity index (χ3v) is 8.01. The van der Waals surface area contributed by atoms with Gasteiger partial charge in [0.25, 0.3) is 5.56 Å². The van der Waals surface area contributed by atoms with Crippen LogP contribution in [0.1, 0.15) is 33.6 Å². The number of nitrogens with one attached hydrogen (secondary N) is 2. The SMILES string of the molecule is Cn1c(=O)c2[nH]cnc2n(C)c1=O.O.[CH2-]C(CNC(=O)C1CCC(C)(C(=O)[O][Hg])C1(C)C)OC.[Na+]. The molecule has 35 heavy (non-hydrogen) atoms. The molecule has 14 heteroatoms. The third kappa shape index (κ3) is 6.64. The molecule has 2 aromatic rings. The van der Waals surface area contributed by atoms with Gasteiger partial charge in [-0.05, 0) is 0 Å². The van der Waals surface area contributed by atoms with Crippen molar-refractivity contribution < 1.29 is 78.6 Å². The summed E-state index contributed by atoms with van der Waals surface area (Å²) >= 11 is -0.0196. The molecule has 0 bridgehead atoms. The van der Waals surface area contributed by atoms with Crippen LogP contribution in [0.25, 0.3) is 11.2 Å². The topological polar surface area (TPSA) is 169 Å². The van der Waals surface area contributed by atoms with Crippen molar-refractivity contribution in [3.8, 4) is 0 Å². The van der Waals surface area contributed by atoms with E-state index >= 15 is 0 Å². The van der Waals surface area contributed by atoms with Crippen molar-refractivity contribution in [1.29, 1.82) is 0 Å². The molecule has 0 saturated heterocycles. The maximum atomic E-state index is 12.3. The molecule has 2 heterocycles. The van der Waals surface area contributed by atoms with Gasteiger partial charge in [0.05, 0.1) is 6.33 Å². The van der Waals surface area contributed by atoms with Gasteiger partial charge in [-0.1, -0.05) is 0 Å². The third-order valence-electron chi connectivity index (χ3n) is 6.99. The fraction of sp³-hybridized carbons (Fsp3) is 0.619. The summed E-state index contributed by atoms with van der Waals surface area (Å²) < 4.78 is 12.5. The number of aromatic nitrogens is 4. The average Bonchev–Trinajstić information content (AvgIpc) is 3.37. The van der Waals surface area contributed by atoms with Crippen LogP contribution in [0, 0.1) is 23.7 Å². The fourth-order valence-electron chi connectivity index (χ4n) is 4.17. The molecule has 1 aliphatic carbocycles. The van der Waals surface area contributed by atoms with E-state index in [0.717, 1.165) is 4.57 Å². The van der Waals surface area contributed by atoms with Crippen molar-refractivity contribution in [2.45, 2.75) is 39.7 Å². The molecule has 2 aromatic heterocycles. The summed E-state index contributed by atoms with van der Waals surface area (Å²) in [7, 11) is 4.57. The van der Waals surface area contributed by atoms with Gasteiger partial charge in [-0.2, -0.15) is 0 Å². The molecular formula is C21H33HgN5NaO7. The molecule has 4 N–H and O–H groups in total. The van der Waals surface area contributed by atoms with Crippen molar-refractivity contribution in [3.05, 3.63) is 34.1 Å². The molecule has 1 fully saturated rings. The largest absolute Gasteiger partial charge is 1.00 e. The van der Waals surface area contributed by atoms with Crippen LogP contribution in [-0.2, 0) is 57.6 Å². The minimum Gasteiger partial charge on any atom is 1.00 e. The number of carbonyl (C=O) groups is 2. The van der Waals surface area contributed by atoms with Crippen molar-refractivity contribution >= 4 is 23.0 Å². The van der Waals surface area contributed by atoms with Crippen LogP contribution in [0.4, 0.5) is 0 Å². The van der Waals surface area contributed by atoms with E-state index in [1.807, 2.05) is 20.8 Å². The predicted octanol–water partition coefficient (Wildman–Crippen LogP) is -3.46. The monoisotopic (exact) mass is 692 g/mol. The molecular weight excluding hydrogens is 658 g/mol. The number of imidazole rings is 1. The Hall–Kier alpha value is -1.05. The minimum atomic E-state index is -0.581. The number of aromatic amines is 1. The number of hydrogen-bond acceptors (Lipinski definition) is 7. The van der Waals surface area contributed by atoms with E-state index in [-0.39, 0.29) is 96.8 Å². The van der Waals surface area contributed by atoms with Crippen LogP contribution in [0.15, 0.2) is 15.9 Å². The second kappa shape index (κ2) is 13.5. The van der Waals surface area contributed by atoms with Crippen LogP contribution in [0.3, 0.4) is 0 Å². The zero-order valence-electron chi connectivity index (χ0n) is 21.6. The van der Waals surface area contributed by atoms with Crippen LogP contribution in [-0.4, -0.2) is 56.2 Å². The Balaban J connectivity index is 0.000000670. The molecule has 187 valence electrons. The zero-order valence-corrected chi connectivity index (χ0v) is 29.1. The van der Waals surface area contributed by atoms with Crippen molar-refractivity contribution in [1.82, 2.24) is 24.4 Å². The predicted molar refractivity (Wildman–Crippen MR) is 120 cm³/mol. The van der Waals surface area contributed by atoms with E-state index in [0.29, 0.717) is 30.6 Å². The Labute approximate surface area is 242 Å². The van der Waals surface area contributed by atoms with Crippen LogP contribution < -0.4 is 46.1 Å². The fourth-order valence-corrected chi connectivity index (χ4v) is 5.41. The van der Waals surface area contributed by atoms with Gasteiger partial charge in [0.2, 0.25) is 0 Å². The van der Waals surface area contributed by atoms with Gasteiger partial charge in [0, 0.05) is 14.1 Å². The number of methoxy groups -OCH3 is 1. The zero-order chi connectivity index (χ0) is 25.1. The van der Waals surface area contributed by atoms with E-state index in [1.165, 1.54) is 17.9 Å². The molecule has 1 amide bonds. The number of H-pyrrole nitrogens is 1. The normalized spacial score (nSPS) is 21.1. The molecule has 0 spiro atoms. The van der Waals surface area contributed by atoms with Crippen molar-refractivity contribution in [3.63, 3.8) is 0 Å². The molecule has 1 aliphatic rings. The number of aryl methyl sites for hydroxylation is 1. The molecule has 12 nitrogen and oxygen atoms in total. The Morgan fingerprint density at radius 3 is 2.46 bits per heavy atom. The Morgan fingerprint density at radius 2 is 1.91 bits per heavy atom. The van der Waals surface area contributed by atoms with Crippen LogP contribution in [0.5, 0.6) is 0 Å². The maximum absolute atomic E-state index is 12.3. The van der Waals surface area contributed by atoms with Gasteiger partial charge in [-0.3, -0.25) is 13.9 Å². The van der Waals surface area contributed by atoms with Crippen LogP contribution >= 0.6 is 0 Å². The molecule has 0 aliphatic heterocycles. The number of ether oxygens (including phenoxy) is 1. The van der Waals surface area contributed by atoms with E-state index in [9.17, 15) is 19.2 Å². The van der Waals surface area contributed by atoms with E-state index in [1.54, 1.807) is 14.2 Å². The first kappa shape index (κ1) is 33.9. The standard InChI is InChI=1S/C14H24NO4.C7H8N4O2.Hg.Na.H2O/c1-9(19-5)8-15-11(16)10-6-7-14(4,12(17)18)13(10,2)3;1-10-5-4(8-3-9-5)6(12)11(2)7(10)13;;;/h9-10H,1,6-8H2,2-5H3,(H,15,16)(H,17,18);3H,1-2H3,(H,8,9);;;1H2/q-1;;2*+1;/p-1. The van der Waals surface area contributed by atoms with Gasteiger partial charge in [0.15, 0.2) is 5.65 Å². The number of fused-ring (bicyclic) bond motifs is 1. The molecule has 3 rings (SSSR count). The van der Waals surface area contributed by atoms with Gasteiger partial charge in [-0.25, -0.2) is 9.78 Å². The first-order valence-corrected chi connectivity index (χ1v) is 12.8. The Morgan fingerprint density at radius 1 is 1.31 bits per heavy atom. The second-order valence-corrected chi connectivity index (χ2v) is 10.1. The summed E-state index contributed by atoms with van der Waals surface area (Å²) in [5, 5.41) is 2.86. The molecule has 0 aromatic carbocycles. The van der Waals surface area contributed by atoms with Gasteiger partial charge < -0.3 is 10.5 Å².